The van der Waals surface area contributed by atoms with E-state index in [1.807, 2.05) is 19.1 Å². The van der Waals surface area contributed by atoms with Gasteiger partial charge in [-0.3, -0.25) is 0 Å². The van der Waals surface area contributed by atoms with Crippen molar-refractivity contribution < 1.29 is 14.3 Å². The lowest BCUT2D eigenvalue weighted by Gasteiger charge is -2.37. The number of fused-ring (bicyclic) bond motifs is 1. The Morgan fingerprint density at radius 3 is 2.89 bits per heavy atom. The number of ether oxygens (including phenoxy) is 2. The van der Waals surface area contributed by atoms with Gasteiger partial charge < -0.3 is 14.8 Å². The van der Waals surface area contributed by atoms with Crippen molar-refractivity contribution in [1.82, 2.24) is 5.32 Å². The number of cyclic esters (lactones) is 1. The molecule has 4 nitrogen and oxygen atoms in total. The summed E-state index contributed by atoms with van der Waals surface area (Å²) in [5, 5.41) is 3.40. The summed E-state index contributed by atoms with van der Waals surface area (Å²) in [5.74, 6) is -0.215. The van der Waals surface area contributed by atoms with Crippen LogP contribution in [0.4, 0.5) is 0 Å². The maximum absolute atomic E-state index is 11.5. The number of hydrogen-bond donors (Lipinski definition) is 1. The molecule has 0 aliphatic carbocycles. The van der Waals surface area contributed by atoms with Gasteiger partial charge in [0.2, 0.25) is 0 Å². The normalized spacial score (nSPS) is 25.0. The fraction of sp³-hybridized carbons (Fsp3) is 0.533. The van der Waals surface area contributed by atoms with Crippen molar-refractivity contribution in [2.45, 2.75) is 39.1 Å². The van der Waals surface area contributed by atoms with Gasteiger partial charge in [0.25, 0.3) is 0 Å². The van der Waals surface area contributed by atoms with Crippen molar-refractivity contribution in [2.75, 3.05) is 13.1 Å². The molecule has 1 aromatic rings. The Bertz CT molecular complexity index is 536. The zero-order valence-electron chi connectivity index (χ0n) is 11.6. The fourth-order valence-electron chi connectivity index (χ4n) is 2.86. The van der Waals surface area contributed by atoms with E-state index in [2.05, 4.69) is 19.2 Å². The lowest BCUT2D eigenvalue weighted by atomic mass is 9.94. The molecule has 1 atom stereocenters. The molecule has 1 N–H and O–H groups in total. The number of morpholine rings is 1. The Kier molecular flexibility index (Phi) is 2.87. The van der Waals surface area contributed by atoms with E-state index in [1.165, 1.54) is 0 Å². The number of carbonyl (C=O) groups is 1. The average molecular weight is 261 g/mol. The molecule has 0 saturated carbocycles. The summed E-state index contributed by atoms with van der Waals surface area (Å²) in [7, 11) is 0. The van der Waals surface area contributed by atoms with Gasteiger partial charge in [0, 0.05) is 18.7 Å². The first-order valence-corrected chi connectivity index (χ1v) is 6.66. The molecule has 1 saturated heterocycles. The molecule has 102 valence electrons. The van der Waals surface area contributed by atoms with Crippen molar-refractivity contribution >= 4 is 5.97 Å². The summed E-state index contributed by atoms with van der Waals surface area (Å²) in [6.07, 6.45) is 0.0322. The molecule has 0 radical (unpaired) electrons. The van der Waals surface area contributed by atoms with Crippen LogP contribution in [-0.4, -0.2) is 24.7 Å². The summed E-state index contributed by atoms with van der Waals surface area (Å²) in [4.78, 5) is 11.5. The van der Waals surface area contributed by atoms with E-state index in [0.717, 1.165) is 29.8 Å². The van der Waals surface area contributed by atoms with E-state index in [1.54, 1.807) is 0 Å². The summed E-state index contributed by atoms with van der Waals surface area (Å²) in [6, 6.07) is 3.85. The van der Waals surface area contributed by atoms with Crippen LogP contribution in [0.5, 0.6) is 0 Å². The highest BCUT2D eigenvalue weighted by molar-refractivity contribution is 5.93. The Hall–Kier alpha value is -1.39. The quantitative estimate of drug-likeness (QED) is 0.786. The van der Waals surface area contributed by atoms with Gasteiger partial charge in [0.1, 0.15) is 6.61 Å². The summed E-state index contributed by atoms with van der Waals surface area (Å²) in [6.45, 7) is 8.26. The van der Waals surface area contributed by atoms with E-state index < -0.39 is 0 Å². The van der Waals surface area contributed by atoms with E-state index in [0.29, 0.717) is 12.2 Å². The molecular weight excluding hydrogens is 242 g/mol. The van der Waals surface area contributed by atoms with Gasteiger partial charge in [-0.1, -0.05) is 6.07 Å². The highest BCUT2D eigenvalue weighted by atomic mass is 16.5. The SMILES string of the molecule is Cc1c(C2CNCC(C)(C)O2)ccc2c1COC2=O. The molecule has 2 aliphatic heterocycles. The predicted molar refractivity (Wildman–Crippen MR) is 71.1 cm³/mol. The first-order valence-electron chi connectivity index (χ1n) is 6.66. The van der Waals surface area contributed by atoms with Crippen LogP contribution in [0.1, 0.15) is 47.0 Å². The molecule has 0 spiro atoms. The average Bonchev–Trinajstić information content (AvgIpc) is 2.71. The summed E-state index contributed by atoms with van der Waals surface area (Å²) >= 11 is 0. The molecule has 2 aliphatic rings. The van der Waals surface area contributed by atoms with Crippen molar-refractivity contribution in [2.24, 2.45) is 0 Å². The van der Waals surface area contributed by atoms with Gasteiger partial charge in [-0.25, -0.2) is 4.79 Å². The zero-order valence-corrected chi connectivity index (χ0v) is 11.6. The van der Waals surface area contributed by atoms with E-state index in [4.69, 9.17) is 9.47 Å². The topological polar surface area (TPSA) is 47.6 Å². The predicted octanol–water partition coefficient (Wildman–Crippen LogP) is 2.10. The minimum Gasteiger partial charge on any atom is -0.457 e. The van der Waals surface area contributed by atoms with Crippen molar-refractivity contribution in [3.05, 3.63) is 34.4 Å². The summed E-state index contributed by atoms with van der Waals surface area (Å²) < 4.78 is 11.2. The number of benzene rings is 1. The maximum atomic E-state index is 11.5. The van der Waals surface area contributed by atoms with Crippen LogP contribution in [0, 0.1) is 6.92 Å². The minimum atomic E-state index is -0.215. The first-order chi connectivity index (χ1) is 8.98. The van der Waals surface area contributed by atoms with Gasteiger partial charge in [-0.15, -0.1) is 0 Å². The molecule has 0 aromatic heterocycles. The second-order valence-corrected chi connectivity index (χ2v) is 5.88. The Morgan fingerprint density at radius 1 is 1.37 bits per heavy atom. The van der Waals surface area contributed by atoms with Crippen LogP contribution in [0.25, 0.3) is 0 Å². The Labute approximate surface area is 113 Å². The first kappa shape index (κ1) is 12.6. The molecule has 19 heavy (non-hydrogen) atoms. The Balaban J connectivity index is 1.96. The van der Waals surface area contributed by atoms with Crippen LogP contribution in [0.2, 0.25) is 0 Å². The van der Waals surface area contributed by atoms with Gasteiger partial charge >= 0.3 is 5.97 Å². The fourth-order valence-corrected chi connectivity index (χ4v) is 2.86. The number of hydrogen-bond acceptors (Lipinski definition) is 4. The van der Waals surface area contributed by atoms with E-state index >= 15 is 0 Å². The third-order valence-electron chi connectivity index (χ3n) is 3.90. The second kappa shape index (κ2) is 4.32. The standard InChI is InChI=1S/C15H19NO3/c1-9-10(13-6-16-8-15(2,3)19-13)4-5-11-12(9)7-18-14(11)17/h4-5,13,16H,6-8H2,1-3H3. The highest BCUT2D eigenvalue weighted by Gasteiger charge is 2.32. The lowest BCUT2D eigenvalue weighted by molar-refractivity contribution is -0.0961. The second-order valence-electron chi connectivity index (χ2n) is 5.88. The molecule has 2 heterocycles. The summed E-state index contributed by atoms with van der Waals surface area (Å²) in [5.41, 5.74) is 3.81. The van der Waals surface area contributed by atoms with E-state index in [9.17, 15) is 4.79 Å². The van der Waals surface area contributed by atoms with Crippen LogP contribution < -0.4 is 5.32 Å². The van der Waals surface area contributed by atoms with Crippen LogP contribution >= 0.6 is 0 Å². The third-order valence-corrected chi connectivity index (χ3v) is 3.90. The highest BCUT2D eigenvalue weighted by Crippen LogP contribution is 2.33. The molecule has 1 aromatic carbocycles. The van der Waals surface area contributed by atoms with E-state index in [-0.39, 0.29) is 17.7 Å². The molecule has 4 heteroatoms. The minimum absolute atomic E-state index is 0.0322. The lowest BCUT2D eigenvalue weighted by Crippen LogP contribution is -2.47. The molecule has 1 unspecified atom stereocenters. The van der Waals surface area contributed by atoms with Crippen LogP contribution in [0.15, 0.2) is 12.1 Å². The van der Waals surface area contributed by atoms with Gasteiger partial charge in [-0.2, -0.15) is 0 Å². The molecule has 3 rings (SSSR count). The number of rotatable bonds is 1. The van der Waals surface area contributed by atoms with Crippen LogP contribution in [0.3, 0.4) is 0 Å². The zero-order chi connectivity index (χ0) is 13.6. The molecule has 0 bridgehead atoms. The largest absolute Gasteiger partial charge is 0.457 e. The van der Waals surface area contributed by atoms with Crippen molar-refractivity contribution in [3.8, 4) is 0 Å². The number of nitrogens with one attached hydrogen (secondary N) is 1. The van der Waals surface area contributed by atoms with Crippen molar-refractivity contribution in [1.29, 1.82) is 0 Å². The van der Waals surface area contributed by atoms with Gasteiger partial charge in [-0.05, 0) is 38.0 Å². The number of carbonyl (C=O) groups excluding carboxylic acids is 1. The monoisotopic (exact) mass is 261 g/mol. The van der Waals surface area contributed by atoms with Gasteiger partial charge in [0.05, 0.1) is 17.3 Å². The number of esters is 1. The molecule has 0 amide bonds. The Morgan fingerprint density at radius 2 is 2.16 bits per heavy atom. The molecule has 1 fully saturated rings. The van der Waals surface area contributed by atoms with Gasteiger partial charge in [0.15, 0.2) is 0 Å². The molecular formula is C15H19NO3. The van der Waals surface area contributed by atoms with Crippen molar-refractivity contribution in [3.63, 3.8) is 0 Å². The maximum Gasteiger partial charge on any atom is 0.338 e. The third kappa shape index (κ3) is 2.15. The van der Waals surface area contributed by atoms with Crippen LogP contribution in [-0.2, 0) is 16.1 Å². The smallest absolute Gasteiger partial charge is 0.338 e.